The molecule has 0 saturated heterocycles. The van der Waals surface area contributed by atoms with Crippen LogP contribution >= 0.6 is 0 Å². The SMILES string of the molecule is Cc1cc(C=NNc2ccc([N+](=O)[O-])cn2)c(C)n1-c1ccccc1F. The third-order valence-electron chi connectivity index (χ3n) is 3.91. The van der Waals surface area contributed by atoms with Crippen molar-refractivity contribution in [2.75, 3.05) is 5.43 Å². The lowest BCUT2D eigenvalue weighted by molar-refractivity contribution is -0.385. The molecule has 3 rings (SSSR count). The summed E-state index contributed by atoms with van der Waals surface area (Å²) in [5, 5.41) is 14.7. The van der Waals surface area contributed by atoms with Gasteiger partial charge in [0.15, 0.2) is 0 Å². The van der Waals surface area contributed by atoms with Crippen LogP contribution in [0, 0.1) is 29.8 Å². The van der Waals surface area contributed by atoms with Crippen LogP contribution < -0.4 is 5.43 Å². The van der Waals surface area contributed by atoms with Gasteiger partial charge in [0, 0.05) is 23.0 Å². The number of halogens is 1. The van der Waals surface area contributed by atoms with Gasteiger partial charge in [0.05, 0.1) is 16.8 Å². The van der Waals surface area contributed by atoms with Crippen LogP contribution in [0.15, 0.2) is 53.8 Å². The van der Waals surface area contributed by atoms with Gasteiger partial charge in [-0.05, 0) is 38.1 Å². The first kappa shape index (κ1) is 17.3. The Bertz CT molecular complexity index is 980. The Kier molecular flexibility index (Phi) is 4.74. The second-order valence-electron chi connectivity index (χ2n) is 5.64. The van der Waals surface area contributed by atoms with Crippen molar-refractivity contribution >= 4 is 17.7 Å². The van der Waals surface area contributed by atoms with E-state index in [4.69, 9.17) is 0 Å². The van der Waals surface area contributed by atoms with Crippen LogP contribution in [0.25, 0.3) is 5.69 Å². The second-order valence-corrected chi connectivity index (χ2v) is 5.64. The second kappa shape index (κ2) is 7.14. The molecule has 0 radical (unpaired) electrons. The van der Waals surface area contributed by atoms with Crippen molar-refractivity contribution in [2.45, 2.75) is 13.8 Å². The molecule has 0 aliphatic heterocycles. The molecule has 0 unspecified atom stereocenters. The summed E-state index contributed by atoms with van der Waals surface area (Å²) in [6.07, 6.45) is 2.75. The standard InChI is InChI=1S/C18H16FN5O2/c1-12-9-14(13(2)23(12)17-6-4-3-5-16(17)19)10-21-22-18-8-7-15(11-20-18)24(25)26/h3-11H,1-2H3,(H,20,22). The average molecular weight is 353 g/mol. The van der Waals surface area contributed by atoms with E-state index in [1.165, 1.54) is 18.2 Å². The van der Waals surface area contributed by atoms with E-state index in [0.717, 1.165) is 23.1 Å². The molecular weight excluding hydrogens is 337 g/mol. The quantitative estimate of drug-likeness (QED) is 0.427. The molecule has 26 heavy (non-hydrogen) atoms. The van der Waals surface area contributed by atoms with Crippen LogP contribution in [-0.4, -0.2) is 20.7 Å². The number of nitro groups is 1. The number of hydrogen-bond acceptors (Lipinski definition) is 5. The average Bonchev–Trinajstić information content (AvgIpc) is 2.90. The summed E-state index contributed by atoms with van der Waals surface area (Å²) in [6, 6.07) is 11.3. The Morgan fingerprint density at radius 1 is 1.27 bits per heavy atom. The lowest BCUT2D eigenvalue weighted by Gasteiger charge is -2.10. The number of hydrazone groups is 1. The fraction of sp³-hybridized carbons (Fsp3) is 0.111. The molecule has 0 fully saturated rings. The van der Waals surface area contributed by atoms with E-state index < -0.39 is 4.92 Å². The molecule has 1 aromatic carbocycles. The van der Waals surface area contributed by atoms with Gasteiger partial charge < -0.3 is 4.57 Å². The summed E-state index contributed by atoms with van der Waals surface area (Å²) in [5.74, 6) is 0.0840. The Balaban J connectivity index is 1.80. The number of benzene rings is 1. The van der Waals surface area contributed by atoms with Gasteiger partial charge in [-0.1, -0.05) is 12.1 Å². The highest BCUT2D eigenvalue weighted by atomic mass is 19.1. The van der Waals surface area contributed by atoms with Crippen LogP contribution in [0.5, 0.6) is 0 Å². The monoisotopic (exact) mass is 353 g/mol. The molecule has 0 amide bonds. The minimum atomic E-state index is -0.516. The van der Waals surface area contributed by atoms with Gasteiger partial charge in [0.25, 0.3) is 5.69 Å². The Morgan fingerprint density at radius 2 is 2.04 bits per heavy atom. The summed E-state index contributed by atoms with van der Waals surface area (Å²) in [6.45, 7) is 3.77. The van der Waals surface area contributed by atoms with Gasteiger partial charge >= 0.3 is 0 Å². The van der Waals surface area contributed by atoms with E-state index in [-0.39, 0.29) is 11.5 Å². The van der Waals surface area contributed by atoms with Gasteiger partial charge in [-0.2, -0.15) is 5.10 Å². The summed E-state index contributed by atoms with van der Waals surface area (Å²) in [4.78, 5) is 14.0. The van der Waals surface area contributed by atoms with Gasteiger partial charge in [0.1, 0.15) is 17.8 Å². The molecule has 2 aromatic heterocycles. The molecule has 3 aromatic rings. The third-order valence-corrected chi connectivity index (χ3v) is 3.91. The Morgan fingerprint density at radius 3 is 2.69 bits per heavy atom. The topological polar surface area (TPSA) is 85.3 Å². The Labute approximate surface area is 149 Å². The summed E-state index contributed by atoms with van der Waals surface area (Å²) < 4.78 is 15.9. The van der Waals surface area contributed by atoms with Crippen LogP contribution in [0.2, 0.25) is 0 Å². The smallest absolute Gasteiger partial charge is 0.287 e. The molecule has 7 nitrogen and oxygen atoms in total. The molecular formula is C18H16FN5O2. The molecule has 2 heterocycles. The molecule has 0 aliphatic carbocycles. The first-order valence-electron chi connectivity index (χ1n) is 7.80. The molecule has 0 spiro atoms. The number of anilines is 1. The minimum Gasteiger partial charge on any atom is -0.315 e. The number of nitrogens with one attached hydrogen (secondary N) is 1. The molecule has 1 N–H and O–H groups in total. The summed E-state index contributed by atoms with van der Waals surface area (Å²) in [5.41, 5.74) is 5.65. The number of rotatable bonds is 5. The summed E-state index contributed by atoms with van der Waals surface area (Å²) in [7, 11) is 0. The zero-order valence-electron chi connectivity index (χ0n) is 14.2. The molecule has 0 saturated carbocycles. The van der Waals surface area contributed by atoms with Crippen molar-refractivity contribution in [3.63, 3.8) is 0 Å². The number of aryl methyl sites for hydroxylation is 1. The highest BCUT2D eigenvalue weighted by molar-refractivity contribution is 5.82. The zero-order valence-corrected chi connectivity index (χ0v) is 14.2. The first-order valence-corrected chi connectivity index (χ1v) is 7.80. The summed E-state index contributed by atoms with van der Waals surface area (Å²) >= 11 is 0. The van der Waals surface area contributed by atoms with Crippen molar-refractivity contribution in [3.05, 3.63) is 81.5 Å². The molecule has 0 atom stereocenters. The first-order chi connectivity index (χ1) is 12.5. The van der Waals surface area contributed by atoms with E-state index in [0.29, 0.717) is 11.5 Å². The van der Waals surface area contributed by atoms with E-state index in [2.05, 4.69) is 15.5 Å². The maximum absolute atomic E-state index is 14.1. The largest absolute Gasteiger partial charge is 0.315 e. The zero-order chi connectivity index (χ0) is 18.7. The molecule has 8 heteroatoms. The van der Waals surface area contributed by atoms with Gasteiger partial charge in [-0.15, -0.1) is 0 Å². The van der Waals surface area contributed by atoms with Crippen molar-refractivity contribution in [1.82, 2.24) is 9.55 Å². The number of nitrogens with zero attached hydrogens (tertiary/aromatic N) is 4. The number of aromatic nitrogens is 2. The van der Waals surface area contributed by atoms with Crippen LogP contribution in [0.1, 0.15) is 17.0 Å². The van der Waals surface area contributed by atoms with Gasteiger partial charge in [0.2, 0.25) is 0 Å². The van der Waals surface area contributed by atoms with E-state index in [1.54, 1.807) is 24.4 Å². The van der Waals surface area contributed by atoms with Crippen molar-refractivity contribution < 1.29 is 9.31 Å². The number of para-hydroxylation sites is 1. The fourth-order valence-electron chi connectivity index (χ4n) is 2.65. The van der Waals surface area contributed by atoms with Crippen molar-refractivity contribution in [2.24, 2.45) is 5.10 Å². The van der Waals surface area contributed by atoms with E-state index >= 15 is 0 Å². The molecule has 0 bridgehead atoms. The predicted octanol–water partition coefficient (Wildman–Crippen LogP) is 3.98. The van der Waals surface area contributed by atoms with Crippen LogP contribution in [0.3, 0.4) is 0 Å². The normalized spacial score (nSPS) is 11.0. The molecule has 132 valence electrons. The number of hydrogen-bond donors (Lipinski definition) is 1. The van der Waals surface area contributed by atoms with Crippen LogP contribution in [0.4, 0.5) is 15.9 Å². The van der Waals surface area contributed by atoms with E-state index in [1.807, 2.05) is 24.5 Å². The lowest BCUT2D eigenvalue weighted by Crippen LogP contribution is -2.02. The maximum atomic E-state index is 14.1. The van der Waals surface area contributed by atoms with Crippen molar-refractivity contribution in [3.8, 4) is 5.69 Å². The number of pyridine rings is 1. The lowest BCUT2D eigenvalue weighted by atomic mass is 10.2. The van der Waals surface area contributed by atoms with Gasteiger partial charge in [-0.3, -0.25) is 15.5 Å². The maximum Gasteiger partial charge on any atom is 0.287 e. The third kappa shape index (κ3) is 3.44. The highest BCUT2D eigenvalue weighted by Crippen LogP contribution is 2.22. The fourth-order valence-corrected chi connectivity index (χ4v) is 2.65. The highest BCUT2D eigenvalue weighted by Gasteiger charge is 2.12. The van der Waals surface area contributed by atoms with Crippen LogP contribution in [-0.2, 0) is 0 Å². The molecule has 0 aliphatic rings. The van der Waals surface area contributed by atoms with Crippen molar-refractivity contribution in [1.29, 1.82) is 0 Å². The van der Waals surface area contributed by atoms with E-state index in [9.17, 15) is 14.5 Å². The Hall–Kier alpha value is -3.55. The minimum absolute atomic E-state index is 0.0898. The predicted molar refractivity (Wildman–Crippen MR) is 97.3 cm³/mol. The van der Waals surface area contributed by atoms with Gasteiger partial charge in [-0.25, -0.2) is 9.37 Å².